The van der Waals surface area contributed by atoms with Gasteiger partial charge in [0.2, 0.25) is 0 Å². The minimum Gasteiger partial charge on any atom is -0.320 e. The number of aromatic nitrogens is 3. The Morgan fingerprint density at radius 3 is 2.83 bits per heavy atom. The number of likely N-dealkylation sites (tertiary alicyclic amines) is 1. The normalized spacial score (nSPS) is 20.4. The molecular weight excluding hydrogens is 224 g/mol. The number of nitrogens with zero attached hydrogens (tertiary/aromatic N) is 4. The van der Waals surface area contributed by atoms with Gasteiger partial charge in [0.05, 0.1) is 0 Å². The fourth-order valence-electron chi connectivity index (χ4n) is 2.69. The standard InChI is InChI=1S/C14H18N4/c1-17-11-15-16-14(17)13-7-8-18(10-13)9-12-5-3-2-4-6-12/h2-6,11,13H,7-10H2,1H3. The summed E-state index contributed by atoms with van der Waals surface area (Å²) in [7, 11) is 2.02. The fraction of sp³-hybridized carbons (Fsp3) is 0.429. The van der Waals surface area contributed by atoms with Crippen LogP contribution in [0.4, 0.5) is 0 Å². The van der Waals surface area contributed by atoms with Gasteiger partial charge in [-0.1, -0.05) is 30.3 Å². The van der Waals surface area contributed by atoms with Crippen molar-refractivity contribution in [2.75, 3.05) is 13.1 Å². The van der Waals surface area contributed by atoms with Gasteiger partial charge < -0.3 is 4.57 Å². The third kappa shape index (κ3) is 2.29. The van der Waals surface area contributed by atoms with E-state index in [1.54, 1.807) is 6.33 Å². The van der Waals surface area contributed by atoms with Crippen LogP contribution >= 0.6 is 0 Å². The highest BCUT2D eigenvalue weighted by Crippen LogP contribution is 2.26. The van der Waals surface area contributed by atoms with Crippen molar-refractivity contribution < 1.29 is 0 Å². The highest BCUT2D eigenvalue weighted by molar-refractivity contribution is 5.15. The minimum atomic E-state index is 0.529. The highest BCUT2D eigenvalue weighted by Gasteiger charge is 2.26. The van der Waals surface area contributed by atoms with Crippen LogP contribution in [-0.2, 0) is 13.6 Å². The van der Waals surface area contributed by atoms with Crippen LogP contribution in [0.5, 0.6) is 0 Å². The number of aryl methyl sites for hydroxylation is 1. The Morgan fingerprint density at radius 2 is 2.11 bits per heavy atom. The number of hydrogen-bond donors (Lipinski definition) is 0. The topological polar surface area (TPSA) is 34.0 Å². The van der Waals surface area contributed by atoms with E-state index in [0.29, 0.717) is 5.92 Å². The van der Waals surface area contributed by atoms with Gasteiger partial charge in [0.15, 0.2) is 0 Å². The van der Waals surface area contributed by atoms with E-state index in [-0.39, 0.29) is 0 Å². The summed E-state index contributed by atoms with van der Waals surface area (Å²) in [5.41, 5.74) is 1.39. The first-order valence-electron chi connectivity index (χ1n) is 6.43. The Hall–Kier alpha value is -1.68. The summed E-state index contributed by atoms with van der Waals surface area (Å²) >= 11 is 0. The Morgan fingerprint density at radius 1 is 1.28 bits per heavy atom. The van der Waals surface area contributed by atoms with E-state index in [1.165, 1.54) is 12.0 Å². The molecule has 0 N–H and O–H groups in total. The lowest BCUT2D eigenvalue weighted by Gasteiger charge is -2.15. The zero-order valence-electron chi connectivity index (χ0n) is 10.7. The zero-order chi connectivity index (χ0) is 12.4. The zero-order valence-corrected chi connectivity index (χ0v) is 10.7. The molecule has 2 heterocycles. The summed E-state index contributed by atoms with van der Waals surface area (Å²) < 4.78 is 2.04. The van der Waals surface area contributed by atoms with E-state index in [0.717, 1.165) is 25.5 Å². The smallest absolute Gasteiger partial charge is 0.136 e. The summed E-state index contributed by atoms with van der Waals surface area (Å²) in [6.07, 6.45) is 2.97. The lowest BCUT2D eigenvalue weighted by Crippen LogP contribution is -2.20. The molecule has 0 saturated carbocycles. The molecule has 4 nitrogen and oxygen atoms in total. The van der Waals surface area contributed by atoms with Gasteiger partial charge in [-0.3, -0.25) is 4.90 Å². The summed E-state index contributed by atoms with van der Waals surface area (Å²) in [5, 5.41) is 8.20. The highest BCUT2D eigenvalue weighted by atomic mass is 15.3. The van der Waals surface area contributed by atoms with E-state index in [1.807, 2.05) is 11.6 Å². The second-order valence-electron chi connectivity index (χ2n) is 5.01. The first-order chi connectivity index (χ1) is 8.83. The van der Waals surface area contributed by atoms with Crippen LogP contribution in [0.1, 0.15) is 23.7 Å². The summed E-state index contributed by atoms with van der Waals surface area (Å²) in [6.45, 7) is 3.27. The van der Waals surface area contributed by atoms with Crippen molar-refractivity contribution in [2.45, 2.75) is 18.9 Å². The molecule has 1 unspecified atom stereocenters. The average Bonchev–Trinajstić information content (AvgIpc) is 2.99. The average molecular weight is 242 g/mol. The van der Waals surface area contributed by atoms with Crippen molar-refractivity contribution >= 4 is 0 Å². The Balaban J connectivity index is 1.64. The first kappa shape index (κ1) is 11.4. The monoisotopic (exact) mass is 242 g/mol. The third-order valence-corrected chi connectivity index (χ3v) is 3.63. The number of hydrogen-bond acceptors (Lipinski definition) is 3. The van der Waals surface area contributed by atoms with Crippen molar-refractivity contribution in [1.82, 2.24) is 19.7 Å². The van der Waals surface area contributed by atoms with Gasteiger partial charge in [-0.2, -0.15) is 0 Å². The molecule has 1 saturated heterocycles. The molecular formula is C14H18N4. The lowest BCUT2D eigenvalue weighted by atomic mass is 10.1. The molecule has 1 atom stereocenters. The van der Waals surface area contributed by atoms with Gasteiger partial charge in [0.25, 0.3) is 0 Å². The van der Waals surface area contributed by atoms with E-state index in [4.69, 9.17) is 0 Å². The maximum Gasteiger partial charge on any atom is 0.136 e. The number of benzene rings is 1. The molecule has 0 radical (unpaired) electrons. The lowest BCUT2D eigenvalue weighted by molar-refractivity contribution is 0.325. The van der Waals surface area contributed by atoms with Gasteiger partial charge >= 0.3 is 0 Å². The van der Waals surface area contributed by atoms with Crippen LogP contribution in [0.2, 0.25) is 0 Å². The van der Waals surface area contributed by atoms with Gasteiger partial charge in [-0.15, -0.1) is 10.2 Å². The van der Waals surface area contributed by atoms with Crippen molar-refractivity contribution in [3.05, 3.63) is 48.0 Å². The summed E-state index contributed by atoms with van der Waals surface area (Å²) in [4.78, 5) is 2.49. The predicted molar refractivity (Wildman–Crippen MR) is 70.1 cm³/mol. The first-order valence-corrected chi connectivity index (χ1v) is 6.43. The van der Waals surface area contributed by atoms with Crippen molar-refractivity contribution in [3.8, 4) is 0 Å². The molecule has 18 heavy (non-hydrogen) atoms. The van der Waals surface area contributed by atoms with Gasteiger partial charge in [-0.25, -0.2) is 0 Å². The van der Waals surface area contributed by atoms with E-state index in [2.05, 4.69) is 45.4 Å². The third-order valence-electron chi connectivity index (χ3n) is 3.63. The van der Waals surface area contributed by atoms with Crippen LogP contribution in [-0.4, -0.2) is 32.8 Å². The van der Waals surface area contributed by atoms with Crippen LogP contribution < -0.4 is 0 Å². The molecule has 0 bridgehead atoms. The largest absolute Gasteiger partial charge is 0.320 e. The molecule has 0 spiro atoms. The SMILES string of the molecule is Cn1cnnc1C1CCN(Cc2ccccc2)C1. The predicted octanol–water partition coefficient (Wildman–Crippen LogP) is 1.80. The quantitative estimate of drug-likeness (QED) is 0.823. The molecule has 1 aliphatic rings. The molecule has 3 rings (SSSR count). The molecule has 4 heteroatoms. The van der Waals surface area contributed by atoms with Crippen molar-refractivity contribution in [1.29, 1.82) is 0 Å². The molecule has 1 aliphatic heterocycles. The van der Waals surface area contributed by atoms with Crippen molar-refractivity contribution in [2.24, 2.45) is 7.05 Å². The van der Waals surface area contributed by atoms with Crippen LogP contribution in [0.3, 0.4) is 0 Å². The Kier molecular flexibility index (Phi) is 3.11. The summed E-state index contributed by atoms with van der Waals surface area (Å²) in [5.74, 6) is 1.65. The molecule has 0 aliphatic carbocycles. The molecule has 94 valence electrons. The number of rotatable bonds is 3. The van der Waals surface area contributed by atoms with Crippen molar-refractivity contribution in [3.63, 3.8) is 0 Å². The molecule has 1 aromatic heterocycles. The van der Waals surface area contributed by atoms with Gasteiger partial charge in [0, 0.05) is 26.1 Å². The van der Waals surface area contributed by atoms with E-state index < -0.39 is 0 Å². The Labute approximate surface area is 107 Å². The molecule has 1 aromatic carbocycles. The second-order valence-corrected chi connectivity index (χ2v) is 5.01. The van der Waals surface area contributed by atoms with Gasteiger partial charge in [0.1, 0.15) is 12.2 Å². The van der Waals surface area contributed by atoms with E-state index >= 15 is 0 Å². The molecule has 2 aromatic rings. The molecule has 0 amide bonds. The molecule has 1 fully saturated rings. The maximum atomic E-state index is 4.23. The Bertz CT molecular complexity index is 506. The van der Waals surface area contributed by atoms with Gasteiger partial charge in [-0.05, 0) is 18.5 Å². The van der Waals surface area contributed by atoms with Crippen LogP contribution in [0, 0.1) is 0 Å². The van der Waals surface area contributed by atoms with Crippen LogP contribution in [0.25, 0.3) is 0 Å². The van der Waals surface area contributed by atoms with Crippen LogP contribution in [0.15, 0.2) is 36.7 Å². The fourth-order valence-corrected chi connectivity index (χ4v) is 2.69. The second kappa shape index (κ2) is 4.90. The van der Waals surface area contributed by atoms with E-state index in [9.17, 15) is 0 Å². The summed E-state index contributed by atoms with van der Waals surface area (Å²) in [6, 6.07) is 10.7. The maximum absolute atomic E-state index is 4.23. The minimum absolute atomic E-state index is 0.529.